The fourth-order valence-corrected chi connectivity index (χ4v) is 2.90. The van der Waals surface area contributed by atoms with Crippen LogP contribution < -0.4 is 0 Å². The number of benzene rings is 1. The van der Waals surface area contributed by atoms with Gasteiger partial charge in [-0.25, -0.2) is 0 Å². The van der Waals surface area contributed by atoms with E-state index in [9.17, 15) is 4.79 Å². The lowest BCUT2D eigenvalue weighted by atomic mass is 9.93. The molecule has 2 atom stereocenters. The summed E-state index contributed by atoms with van der Waals surface area (Å²) in [7, 11) is 0. The summed E-state index contributed by atoms with van der Waals surface area (Å²) in [6, 6.07) is 11.1. The molecule has 2 unspecified atom stereocenters. The van der Waals surface area contributed by atoms with Gasteiger partial charge >= 0.3 is 5.97 Å². The number of nitrogens with zero attached hydrogens (tertiary/aromatic N) is 1. The van der Waals surface area contributed by atoms with E-state index in [1.807, 2.05) is 6.07 Å². The fourth-order valence-electron chi connectivity index (χ4n) is 2.90. The first-order valence-electron chi connectivity index (χ1n) is 6.69. The van der Waals surface area contributed by atoms with Crippen molar-refractivity contribution in [2.24, 2.45) is 0 Å². The SMILES string of the molecule is CC1C(c2ccccc2)CCN1CCCC(=O)O.Cl. The minimum absolute atomic E-state index is 0. The Morgan fingerprint density at radius 3 is 2.68 bits per heavy atom. The maximum Gasteiger partial charge on any atom is 0.303 e. The van der Waals surface area contributed by atoms with Crippen LogP contribution in [0.3, 0.4) is 0 Å². The molecule has 1 aromatic carbocycles. The zero-order valence-electron chi connectivity index (χ0n) is 11.3. The van der Waals surface area contributed by atoms with Crippen molar-refractivity contribution < 1.29 is 9.90 Å². The summed E-state index contributed by atoms with van der Waals surface area (Å²) in [5.41, 5.74) is 1.41. The average Bonchev–Trinajstić information content (AvgIpc) is 2.72. The number of halogens is 1. The van der Waals surface area contributed by atoms with Gasteiger partial charge in [0.15, 0.2) is 0 Å². The van der Waals surface area contributed by atoms with E-state index in [2.05, 4.69) is 36.1 Å². The largest absolute Gasteiger partial charge is 0.481 e. The molecule has 0 saturated carbocycles. The first kappa shape index (κ1) is 16.0. The van der Waals surface area contributed by atoms with Crippen molar-refractivity contribution >= 4 is 18.4 Å². The first-order chi connectivity index (χ1) is 8.68. The van der Waals surface area contributed by atoms with Gasteiger partial charge in [-0.1, -0.05) is 30.3 Å². The van der Waals surface area contributed by atoms with Crippen molar-refractivity contribution in [3.8, 4) is 0 Å². The van der Waals surface area contributed by atoms with E-state index in [0.717, 1.165) is 19.5 Å². The Hall–Kier alpha value is -1.06. The van der Waals surface area contributed by atoms with Gasteiger partial charge in [-0.3, -0.25) is 4.79 Å². The Kier molecular flexibility index (Phi) is 6.32. The third-order valence-corrected chi connectivity index (χ3v) is 3.95. The van der Waals surface area contributed by atoms with Gasteiger partial charge in [0, 0.05) is 18.4 Å². The molecule has 1 N–H and O–H groups in total. The minimum Gasteiger partial charge on any atom is -0.481 e. The van der Waals surface area contributed by atoms with E-state index in [4.69, 9.17) is 5.11 Å². The zero-order chi connectivity index (χ0) is 13.0. The lowest BCUT2D eigenvalue weighted by Gasteiger charge is -2.24. The average molecular weight is 284 g/mol. The van der Waals surface area contributed by atoms with E-state index in [1.165, 1.54) is 12.0 Å². The first-order valence-corrected chi connectivity index (χ1v) is 6.69. The maximum atomic E-state index is 10.5. The lowest BCUT2D eigenvalue weighted by molar-refractivity contribution is -0.137. The van der Waals surface area contributed by atoms with Crippen LogP contribution >= 0.6 is 12.4 Å². The number of carbonyl (C=O) groups is 1. The van der Waals surface area contributed by atoms with Crippen LogP contribution in [0.4, 0.5) is 0 Å². The highest BCUT2D eigenvalue weighted by Gasteiger charge is 2.30. The second-order valence-electron chi connectivity index (χ2n) is 5.08. The molecule has 1 aromatic rings. The molecule has 106 valence electrons. The molecule has 4 heteroatoms. The second-order valence-corrected chi connectivity index (χ2v) is 5.08. The summed E-state index contributed by atoms with van der Waals surface area (Å²) in [6.07, 6.45) is 2.21. The molecule has 1 aliphatic heterocycles. The van der Waals surface area contributed by atoms with E-state index < -0.39 is 5.97 Å². The van der Waals surface area contributed by atoms with Crippen molar-refractivity contribution in [2.75, 3.05) is 13.1 Å². The van der Waals surface area contributed by atoms with E-state index >= 15 is 0 Å². The highest BCUT2D eigenvalue weighted by atomic mass is 35.5. The number of carboxylic acids is 1. The van der Waals surface area contributed by atoms with Crippen LogP contribution in [0.2, 0.25) is 0 Å². The summed E-state index contributed by atoms with van der Waals surface area (Å²) in [5.74, 6) is -0.0995. The molecular formula is C15H22ClNO2. The fraction of sp³-hybridized carbons (Fsp3) is 0.533. The zero-order valence-corrected chi connectivity index (χ0v) is 12.1. The van der Waals surface area contributed by atoms with Crippen LogP contribution in [0.5, 0.6) is 0 Å². The van der Waals surface area contributed by atoms with Crippen LogP contribution in [-0.4, -0.2) is 35.1 Å². The van der Waals surface area contributed by atoms with Crippen LogP contribution in [0, 0.1) is 0 Å². The summed E-state index contributed by atoms with van der Waals surface area (Å²) < 4.78 is 0. The molecule has 0 bridgehead atoms. The molecule has 1 fully saturated rings. The third kappa shape index (κ3) is 4.22. The van der Waals surface area contributed by atoms with Crippen molar-refractivity contribution in [3.05, 3.63) is 35.9 Å². The summed E-state index contributed by atoms with van der Waals surface area (Å²) in [5, 5.41) is 8.66. The van der Waals surface area contributed by atoms with E-state index in [1.54, 1.807) is 0 Å². The monoisotopic (exact) mass is 283 g/mol. The predicted molar refractivity (Wildman–Crippen MR) is 79.0 cm³/mol. The molecule has 0 amide bonds. The molecule has 0 aromatic heterocycles. The topological polar surface area (TPSA) is 40.5 Å². The highest BCUT2D eigenvalue weighted by molar-refractivity contribution is 5.85. The number of rotatable bonds is 5. The normalized spacial score (nSPS) is 23.0. The Labute approximate surface area is 121 Å². The van der Waals surface area contributed by atoms with Crippen LogP contribution in [-0.2, 0) is 4.79 Å². The standard InChI is InChI=1S/C15H21NO2.ClH/c1-12-14(13-6-3-2-4-7-13)9-11-16(12)10-5-8-15(17)18;/h2-4,6-7,12,14H,5,8-11H2,1H3,(H,17,18);1H. The molecule has 1 heterocycles. The van der Waals surface area contributed by atoms with Gasteiger partial charge < -0.3 is 10.0 Å². The molecule has 0 radical (unpaired) electrons. The van der Waals surface area contributed by atoms with Crippen molar-refractivity contribution in [2.45, 2.75) is 38.1 Å². The van der Waals surface area contributed by atoms with Gasteiger partial charge in [0.05, 0.1) is 0 Å². The molecule has 3 nitrogen and oxygen atoms in total. The Balaban J connectivity index is 0.00000180. The number of hydrogen-bond donors (Lipinski definition) is 1. The quantitative estimate of drug-likeness (QED) is 0.902. The molecule has 0 spiro atoms. The number of carboxylic acid groups (broad SMARTS) is 1. The van der Waals surface area contributed by atoms with Gasteiger partial charge in [0.2, 0.25) is 0 Å². The van der Waals surface area contributed by atoms with E-state index in [-0.39, 0.29) is 18.8 Å². The molecule has 2 rings (SSSR count). The number of likely N-dealkylation sites (tertiary alicyclic amines) is 1. The second kappa shape index (κ2) is 7.51. The molecule has 0 aliphatic carbocycles. The van der Waals surface area contributed by atoms with Crippen LogP contribution in [0.15, 0.2) is 30.3 Å². The van der Waals surface area contributed by atoms with Gasteiger partial charge in [0.25, 0.3) is 0 Å². The minimum atomic E-state index is -0.693. The summed E-state index contributed by atoms with van der Waals surface area (Å²) in [4.78, 5) is 12.9. The molecule has 19 heavy (non-hydrogen) atoms. The van der Waals surface area contributed by atoms with Gasteiger partial charge in [0.1, 0.15) is 0 Å². The van der Waals surface area contributed by atoms with Crippen molar-refractivity contribution in [1.29, 1.82) is 0 Å². The predicted octanol–water partition coefficient (Wildman–Crippen LogP) is 3.15. The number of aliphatic carboxylic acids is 1. The smallest absolute Gasteiger partial charge is 0.303 e. The highest BCUT2D eigenvalue weighted by Crippen LogP contribution is 2.33. The molecular weight excluding hydrogens is 262 g/mol. The van der Waals surface area contributed by atoms with Crippen LogP contribution in [0.1, 0.15) is 37.7 Å². The Morgan fingerprint density at radius 2 is 2.05 bits per heavy atom. The van der Waals surface area contributed by atoms with Crippen molar-refractivity contribution in [1.82, 2.24) is 4.90 Å². The van der Waals surface area contributed by atoms with Crippen molar-refractivity contribution in [3.63, 3.8) is 0 Å². The van der Waals surface area contributed by atoms with Gasteiger partial charge in [-0.2, -0.15) is 0 Å². The Morgan fingerprint density at radius 1 is 1.37 bits per heavy atom. The summed E-state index contributed by atoms with van der Waals surface area (Å²) >= 11 is 0. The Bertz CT molecular complexity index is 396. The number of hydrogen-bond acceptors (Lipinski definition) is 2. The lowest BCUT2D eigenvalue weighted by Crippen LogP contribution is -2.30. The van der Waals surface area contributed by atoms with Gasteiger partial charge in [-0.05, 0) is 38.4 Å². The third-order valence-electron chi connectivity index (χ3n) is 3.95. The van der Waals surface area contributed by atoms with Gasteiger partial charge in [-0.15, -0.1) is 12.4 Å². The molecule has 1 aliphatic rings. The maximum absolute atomic E-state index is 10.5. The summed E-state index contributed by atoms with van der Waals surface area (Å²) in [6.45, 7) is 4.24. The van der Waals surface area contributed by atoms with E-state index in [0.29, 0.717) is 12.0 Å². The molecule has 1 saturated heterocycles. The van der Waals surface area contributed by atoms with Crippen LogP contribution in [0.25, 0.3) is 0 Å².